The van der Waals surface area contributed by atoms with E-state index in [9.17, 15) is 14.4 Å². The van der Waals surface area contributed by atoms with E-state index < -0.39 is 11.5 Å². The summed E-state index contributed by atoms with van der Waals surface area (Å²) >= 11 is 2.32. The second-order valence-corrected chi connectivity index (χ2v) is 7.77. The fraction of sp³-hybridized carbons (Fsp3) is 0.167. The van der Waals surface area contributed by atoms with Crippen molar-refractivity contribution in [1.29, 1.82) is 0 Å². The quantitative estimate of drug-likeness (QED) is 0.318. The lowest BCUT2D eigenvalue weighted by molar-refractivity contribution is -0.113. The third-order valence-electron chi connectivity index (χ3n) is 3.72. The van der Waals surface area contributed by atoms with Crippen molar-refractivity contribution < 1.29 is 14.3 Å². The van der Waals surface area contributed by atoms with Gasteiger partial charge in [0, 0.05) is 10.9 Å². The number of nitrogen functional groups attached to an aromatic ring is 1. The minimum absolute atomic E-state index is 0.00143. The Morgan fingerprint density at radius 1 is 1.23 bits per heavy atom. The summed E-state index contributed by atoms with van der Waals surface area (Å²) in [7, 11) is 1.52. The molecule has 10 nitrogen and oxygen atoms in total. The molecule has 0 bridgehead atoms. The summed E-state index contributed by atoms with van der Waals surface area (Å²) in [5, 5.41) is 7.58. The van der Waals surface area contributed by atoms with Gasteiger partial charge in [-0.1, -0.05) is 11.8 Å². The van der Waals surface area contributed by atoms with Crippen LogP contribution in [-0.4, -0.2) is 39.6 Å². The van der Waals surface area contributed by atoms with E-state index in [-0.39, 0.29) is 28.3 Å². The third kappa shape index (κ3) is 5.36. The van der Waals surface area contributed by atoms with Crippen LogP contribution in [0.15, 0.2) is 39.6 Å². The number of amides is 2. The van der Waals surface area contributed by atoms with Gasteiger partial charge in [0.15, 0.2) is 16.1 Å². The number of anilines is 3. The van der Waals surface area contributed by atoms with Crippen LogP contribution in [0.1, 0.15) is 16.1 Å². The summed E-state index contributed by atoms with van der Waals surface area (Å²) in [6.07, 6.45) is 0. The van der Waals surface area contributed by atoms with E-state index in [1.807, 2.05) is 12.3 Å². The summed E-state index contributed by atoms with van der Waals surface area (Å²) in [5.41, 5.74) is 6.19. The molecule has 156 valence electrons. The van der Waals surface area contributed by atoms with Gasteiger partial charge in [-0.05, 0) is 31.2 Å². The van der Waals surface area contributed by atoms with Gasteiger partial charge in [0.1, 0.15) is 11.4 Å². The highest BCUT2D eigenvalue weighted by atomic mass is 32.2. The second-order valence-electron chi connectivity index (χ2n) is 5.94. The van der Waals surface area contributed by atoms with E-state index in [1.54, 1.807) is 24.3 Å². The number of methoxy groups -OCH3 is 1. The molecule has 12 heteroatoms. The first-order valence-electron chi connectivity index (χ1n) is 8.55. The first kappa shape index (κ1) is 21.3. The number of aromatic amines is 1. The van der Waals surface area contributed by atoms with Crippen molar-refractivity contribution in [2.75, 3.05) is 29.2 Å². The van der Waals surface area contributed by atoms with Crippen molar-refractivity contribution in [3.05, 3.63) is 51.3 Å². The smallest absolute Gasteiger partial charge is 0.277 e. The SMILES string of the molecule is COc1ccc(C(=O)Nc2c(N)nc(SCC(=O)Nc3nc(C)cs3)[nH]c2=O)cc1. The van der Waals surface area contributed by atoms with Crippen LogP contribution in [0, 0.1) is 6.92 Å². The van der Waals surface area contributed by atoms with Gasteiger partial charge in [-0.2, -0.15) is 0 Å². The van der Waals surface area contributed by atoms with E-state index in [1.165, 1.54) is 18.4 Å². The van der Waals surface area contributed by atoms with Crippen molar-refractivity contribution in [2.45, 2.75) is 12.1 Å². The van der Waals surface area contributed by atoms with Crippen molar-refractivity contribution in [2.24, 2.45) is 0 Å². The molecule has 0 saturated carbocycles. The number of thiazole rings is 1. The van der Waals surface area contributed by atoms with Crippen LogP contribution < -0.4 is 26.7 Å². The maximum atomic E-state index is 12.3. The highest BCUT2D eigenvalue weighted by Crippen LogP contribution is 2.19. The Balaban J connectivity index is 1.63. The molecule has 5 N–H and O–H groups in total. The number of carbonyl (C=O) groups is 2. The predicted octanol–water partition coefficient (Wildman–Crippen LogP) is 2.11. The maximum Gasteiger partial charge on any atom is 0.277 e. The molecule has 0 radical (unpaired) electrons. The number of H-pyrrole nitrogens is 1. The summed E-state index contributed by atoms with van der Waals surface area (Å²) in [6, 6.07) is 6.36. The monoisotopic (exact) mass is 446 g/mol. The topological polar surface area (TPSA) is 152 Å². The van der Waals surface area contributed by atoms with Gasteiger partial charge in [0.25, 0.3) is 11.5 Å². The molecule has 2 amide bonds. The number of nitrogens with two attached hydrogens (primary N) is 1. The number of nitrogens with one attached hydrogen (secondary N) is 3. The van der Waals surface area contributed by atoms with Crippen LogP contribution in [0.4, 0.5) is 16.6 Å². The summed E-state index contributed by atoms with van der Waals surface area (Å²) < 4.78 is 5.04. The molecule has 0 saturated heterocycles. The van der Waals surface area contributed by atoms with Crippen LogP contribution in [-0.2, 0) is 4.79 Å². The number of thioether (sulfide) groups is 1. The molecule has 3 aromatic rings. The number of carbonyl (C=O) groups excluding carboxylic acids is 2. The van der Waals surface area contributed by atoms with Crippen molar-refractivity contribution in [3.8, 4) is 5.75 Å². The van der Waals surface area contributed by atoms with E-state index in [0.717, 1.165) is 17.5 Å². The first-order valence-corrected chi connectivity index (χ1v) is 10.4. The molecule has 2 heterocycles. The average Bonchev–Trinajstić information content (AvgIpc) is 3.13. The minimum Gasteiger partial charge on any atom is -0.497 e. The second kappa shape index (κ2) is 9.41. The Bertz CT molecular complexity index is 1130. The molecule has 0 aliphatic rings. The molecule has 30 heavy (non-hydrogen) atoms. The molecule has 1 aromatic carbocycles. The number of aromatic nitrogens is 3. The molecular weight excluding hydrogens is 428 g/mol. The van der Waals surface area contributed by atoms with Crippen molar-refractivity contribution >= 4 is 51.5 Å². The van der Waals surface area contributed by atoms with Gasteiger partial charge in [-0.15, -0.1) is 11.3 Å². The van der Waals surface area contributed by atoms with Crippen LogP contribution >= 0.6 is 23.1 Å². The number of hydrogen-bond donors (Lipinski definition) is 4. The van der Waals surface area contributed by atoms with E-state index in [0.29, 0.717) is 16.4 Å². The molecule has 0 atom stereocenters. The highest BCUT2D eigenvalue weighted by molar-refractivity contribution is 7.99. The zero-order chi connectivity index (χ0) is 21.7. The maximum absolute atomic E-state index is 12.3. The summed E-state index contributed by atoms with van der Waals surface area (Å²) in [5.74, 6) is -0.374. The number of rotatable bonds is 7. The van der Waals surface area contributed by atoms with Crippen LogP contribution in [0.25, 0.3) is 0 Å². The lowest BCUT2D eigenvalue weighted by atomic mass is 10.2. The molecule has 2 aromatic heterocycles. The van der Waals surface area contributed by atoms with E-state index >= 15 is 0 Å². The average molecular weight is 447 g/mol. The molecular formula is C18H18N6O4S2. The van der Waals surface area contributed by atoms with Gasteiger partial charge in [-0.25, -0.2) is 9.97 Å². The summed E-state index contributed by atoms with van der Waals surface area (Å²) in [4.78, 5) is 47.4. The fourth-order valence-corrected chi connectivity index (χ4v) is 3.66. The molecule has 0 unspecified atom stereocenters. The van der Waals surface area contributed by atoms with Gasteiger partial charge in [0.05, 0.1) is 18.6 Å². The number of ether oxygens (including phenoxy) is 1. The fourth-order valence-electron chi connectivity index (χ4n) is 2.29. The van der Waals surface area contributed by atoms with Crippen molar-refractivity contribution in [3.63, 3.8) is 0 Å². The van der Waals surface area contributed by atoms with E-state index in [2.05, 4.69) is 25.6 Å². The number of hydrogen-bond acceptors (Lipinski definition) is 9. The van der Waals surface area contributed by atoms with Gasteiger partial charge in [0.2, 0.25) is 5.91 Å². The predicted molar refractivity (Wildman–Crippen MR) is 116 cm³/mol. The Kier molecular flexibility index (Phi) is 6.69. The largest absolute Gasteiger partial charge is 0.497 e. The van der Waals surface area contributed by atoms with Gasteiger partial charge in [-0.3, -0.25) is 19.4 Å². The Morgan fingerprint density at radius 3 is 2.57 bits per heavy atom. The normalized spacial score (nSPS) is 10.5. The lowest BCUT2D eigenvalue weighted by Gasteiger charge is -2.09. The van der Waals surface area contributed by atoms with Crippen LogP contribution in [0.5, 0.6) is 5.75 Å². The zero-order valence-corrected chi connectivity index (χ0v) is 17.6. The van der Waals surface area contributed by atoms with Gasteiger partial charge < -0.3 is 21.1 Å². The highest BCUT2D eigenvalue weighted by Gasteiger charge is 2.15. The van der Waals surface area contributed by atoms with Crippen LogP contribution in [0.2, 0.25) is 0 Å². The molecule has 0 spiro atoms. The summed E-state index contributed by atoms with van der Waals surface area (Å²) in [6.45, 7) is 1.83. The minimum atomic E-state index is -0.622. The Hall–Kier alpha value is -3.38. The molecule has 0 aliphatic carbocycles. The number of nitrogens with zero attached hydrogens (tertiary/aromatic N) is 2. The molecule has 3 rings (SSSR count). The standard InChI is InChI=1S/C18H18N6O4S2/c1-9-7-29-17(20-9)21-12(25)8-30-18-23-14(19)13(16(27)24-18)22-15(26)10-3-5-11(28-2)6-4-10/h3-7H,8H2,1-2H3,(H,22,26)(H,20,21,25)(H3,19,23,24,27). The number of benzene rings is 1. The molecule has 0 aliphatic heterocycles. The Labute approximate surface area is 179 Å². The third-order valence-corrected chi connectivity index (χ3v) is 5.47. The van der Waals surface area contributed by atoms with E-state index in [4.69, 9.17) is 10.5 Å². The zero-order valence-electron chi connectivity index (χ0n) is 16.0. The molecule has 0 fully saturated rings. The van der Waals surface area contributed by atoms with Gasteiger partial charge >= 0.3 is 0 Å². The van der Waals surface area contributed by atoms with Crippen molar-refractivity contribution in [1.82, 2.24) is 15.0 Å². The number of aryl methyl sites for hydroxylation is 1. The Morgan fingerprint density at radius 2 is 1.97 bits per heavy atom. The lowest BCUT2D eigenvalue weighted by Crippen LogP contribution is -2.23. The first-order chi connectivity index (χ1) is 14.4. The van der Waals surface area contributed by atoms with Crippen LogP contribution in [0.3, 0.4) is 0 Å².